The molecule has 0 saturated heterocycles. The van der Waals surface area contributed by atoms with Gasteiger partial charge < -0.3 is 5.11 Å². The number of alkyl halides is 1. The molecule has 3 nitrogen and oxygen atoms in total. The van der Waals surface area contributed by atoms with Crippen LogP contribution in [-0.2, 0) is 9.84 Å². The predicted octanol–water partition coefficient (Wildman–Crippen LogP) is 2.74. The maximum Gasteiger partial charge on any atom is 0.199 e. The molecule has 0 fully saturated rings. The van der Waals surface area contributed by atoms with Gasteiger partial charge in [0.15, 0.2) is 9.84 Å². The summed E-state index contributed by atoms with van der Waals surface area (Å²) in [5.74, 6) is 0.554. The maximum atomic E-state index is 11.8. The number of aliphatic hydroxyl groups excluding tert-OH is 1. The highest BCUT2D eigenvalue weighted by atomic mass is 35.5. The lowest BCUT2D eigenvalue weighted by Crippen LogP contribution is -2.04. The lowest BCUT2D eigenvalue weighted by Gasteiger charge is -2.04. The molecule has 0 radical (unpaired) electrons. The molecule has 1 aromatic rings. The molecule has 1 N–H and O–H groups in total. The third-order valence-corrected chi connectivity index (χ3v) is 4.15. The first-order chi connectivity index (χ1) is 8.56. The van der Waals surface area contributed by atoms with E-state index in [0.29, 0.717) is 12.3 Å². The van der Waals surface area contributed by atoms with Gasteiger partial charge in [0.1, 0.15) is 0 Å². The van der Waals surface area contributed by atoms with Crippen LogP contribution in [0, 0.1) is 0 Å². The first-order valence-electron chi connectivity index (χ1n) is 5.78. The van der Waals surface area contributed by atoms with Crippen molar-refractivity contribution in [2.24, 2.45) is 0 Å². The smallest absolute Gasteiger partial charge is 0.199 e. The Hall–Kier alpha value is -0.840. The first-order valence-corrected chi connectivity index (χ1v) is 7.87. The Kier molecular flexibility index (Phi) is 6.39. The number of sulfone groups is 1. The average Bonchev–Trinajstić information content (AvgIpc) is 2.38. The number of unbranched alkanes of at least 4 members (excludes halogenated alkanes) is 1. The van der Waals surface area contributed by atoms with Crippen LogP contribution in [0.4, 0.5) is 0 Å². The largest absolute Gasteiger partial charge is 0.389 e. The standard InChI is InChI=1S/C13H17ClO3S/c14-10-5-4-6-12(15)9-11-18(16,17)13-7-2-1-3-8-13/h1-3,7-9,11-12,15H,4-6,10H2/b11-9+. The van der Waals surface area contributed by atoms with E-state index in [0.717, 1.165) is 18.2 Å². The van der Waals surface area contributed by atoms with E-state index in [1.165, 1.54) is 18.2 Å². The molecule has 0 aliphatic heterocycles. The Morgan fingerprint density at radius 2 is 1.89 bits per heavy atom. The Morgan fingerprint density at radius 1 is 1.22 bits per heavy atom. The number of hydrogen-bond acceptors (Lipinski definition) is 3. The zero-order valence-electron chi connectivity index (χ0n) is 10.00. The highest BCUT2D eigenvalue weighted by molar-refractivity contribution is 7.94. The molecular weight excluding hydrogens is 272 g/mol. The molecule has 1 rings (SSSR count). The van der Waals surface area contributed by atoms with Crippen LogP contribution >= 0.6 is 11.6 Å². The first kappa shape index (κ1) is 15.2. The molecule has 0 amide bonds. The van der Waals surface area contributed by atoms with Gasteiger partial charge in [-0.25, -0.2) is 8.42 Å². The number of rotatable bonds is 7. The second-order valence-electron chi connectivity index (χ2n) is 3.94. The molecule has 1 aromatic carbocycles. The Labute approximate surface area is 113 Å². The van der Waals surface area contributed by atoms with Crippen LogP contribution in [0.5, 0.6) is 0 Å². The Balaban J connectivity index is 2.60. The summed E-state index contributed by atoms with van der Waals surface area (Å²) in [4.78, 5) is 0.231. The van der Waals surface area contributed by atoms with Gasteiger partial charge >= 0.3 is 0 Å². The van der Waals surface area contributed by atoms with E-state index in [2.05, 4.69) is 0 Å². The second-order valence-corrected chi connectivity index (χ2v) is 6.15. The van der Waals surface area contributed by atoms with E-state index in [1.807, 2.05) is 0 Å². The molecule has 100 valence electrons. The van der Waals surface area contributed by atoms with Gasteiger partial charge in [0.2, 0.25) is 0 Å². The van der Waals surface area contributed by atoms with Crippen molar-refractivity contribution in [3.05, 3.63) is 41.8 Å². The van der Waals surface area contributed by atoms with Crippen LogP contribution in [0.2, 0.25) is 0 Å². The molecule has 0 bridgehead atoms. The van der Waals surface area contributed by atoms with E-state index in [-0.39, 0.29) is 4.90 Å². The van der Waals surface area contributed by atoms with Crippen molar-refractivity contribution >= 4 is 21.4 Å². The molecule has 0 saturated carbocycles. The van der Waals surface area contributed by atoms with Crippen molar-refractivity contribution in [2.75, 3.05) is 5.88 Å². The minimum atomic E-state index is -3.45. The van der Waals surface area contributed by atoms with Crippen LogP contribution in [0.25, 0.3) is 0 Å². The summed E-state index contributed by atoms with van der Waals surface area (Å²) in [6.07, 6.45) is 2.69. The molecule has 0 aliphatic carbocycles. The van der Waals surface area contributed by atoms with Crippen molar-refractivity contribution in [1.82, 2.24) is 0 Å². The molecular formula is C13H17ClO3S. The van der Waals surface area contributed by atoms with Crippen LogP contribution < -0.4 is 0 Å². The van der Waals surface area contributed by atoms with Gasteiger partial charge in [0.05, 0.1) is 11.0 Å². The summed E-state index contributed by atoms with van der Waals surface area (Å²) >= 11 is 5.52. The van der Waals surface area contributed by atoms with Crippen molar-refractivity contribution in [3.63, 3.8) is 0 Å². The third-order valence-electron chi connectivity index (χ3n) is 2.44. The molecule has 0 aromatic heterocycles. The fraction of sp³-hybridized carbons (Fsp3) is 0.385. The Morgan fingerprint density at radius 3 is 2.50 bits per heavy atom. The van der Waals surface area contributed by atoms with Crippen LogP contribution in [0.1, 0.15) is 19.3 Å². The SMILES string of the molecule is O=S(=O)(/C=C/C(O)CCCCCl)c1ccccc1. The molecule has 1 atom stereocenters. The van der Waals surface area contributed by atoms with Gasteiger partial charge in [-0.05, 0) is 37.5 Å². The minimum absolute atomic E-state index is 0.231. The van der Waals surface area contributed by atoms with Gasteiger partial charge in [-0.3, -0.25) is 0 Å². The molecule has 0 heterocycles. The monoisotopic (exact) mass is 288 g/mol. The Bertz CT molecular complexity index is 468. The lowest BCUT2D eigenvalue weighted by molar-refractivity contribution is 0.209. The zero-order valence-corrected chi connectivity index (χ0v) is 11.6. The fourth-order valence-corrected chi connectivity index (χ4v) is 2.70. The van der Waals surface area contributed by atoms with Crippen LogP contribution in [0.3, 0.4) is 0 Å². The van der Waals surface area contributed by atoms with E-state index in [4.69, 9.17) is 11.6 Å². The summed E-state index contributed by atoms with van der Waals surface area (Å²) in [6, 6.07) is 8.14. The summed E-state index contributed by atoms with van der Waals surface area (Å²) in [5, 5.41) is 10.7. The lowest BCUT2D eigenvalue weighted by atomic mass is 10.2. The zero-order chi connectivity index (χ0) is 13.4. The maximum absolute atomic E-state index is 11.8. The van der Waals surface area contributed by atoms with Gasteiger partial charge in [-0.2, -0.15) is 0 Å². The summed E-state index contributed by atoms with van der Waals surface area (Å²) in [7, 11) is -3.45. The third kappa shape index (κ3) is 5.21. The molecule has 0 spiro atoms. The average molecular weight is 289 g/mol. The number of halogens is 1. The van der Waals surface area contributed by atoms with E-state index < -0.39 is 15.9 Å². The van der Waals surface area contributed by atoms with Crippen LogP contribution in [0.15, 0.2) is 46.7 Å². The van der Waals surface area contributed by atoms with Gasteiger partial charge in [0, 0.05) is 11.3 Å². The molecule has 18 heavy (non-hydrogen) atoms. The van der Waals surface area contributed by atoms with E-state index in [1.54, 1.807) is 18.2 Å². The second kappa shape index (κ2) is 7.56. The van der Waals surface area contributed by atoms with Gasteiger partial charge in [-0.15, -0.1) is 11.6 Å². The normalized spacial score (nSPS) is 13.9. The van der Waals surface area contributed by atoms with Crippen molar-refractivity contribution in [2.45, 2.75) is 30.3 Å². The van der Waals surface area contributed by atoms with Gasteiger partial charge in [0.25, 0.3) is 0 Å². The topological polar surface area (TPSA) is 54.4 Å². The highest BCUT2D eigenvalue weighted by Crippen LogP contribution is 2.12. The van der Waals surface area contributed by atoms with Crippen LogP contribution in [-0.4, -0.2) is 25.5 Å². The predicted molar refractivity (Wildman–Crippen MR) is 73.3 cm³/mol. The number of hydrogen-bond donors (Lipinski definition) is 1. The summed E-state index contributed by atoms with van der Waals surface area (Å²) in [5.41, 5.74) is 0. The van der Waals surface area contributed by atoms with E-state index in [9.17, 15) is 13.5 Å². The van der Waals surface area contributed by atoms with Crippen molar-refractivity contribution < 1.29 is 13.5 Å². The van der Waals surface area contributed by atoms with E-state index >= 15 is 0 Å². The fourth-order valence-electron chi connectivity index (χ4n) is 1.43. The summed E-state index contributed by atoms with van der Waals surface area (Å²) in [6.45, 7) is 0. The number of aliphatic hydroxyl groups is 1. The highest BCUT2D eigenvalue weighted by Gasteiger charge is 2.10. The minimum Gasteiger partial charge on any atom is -0.389 e. The molecule has 1 unspecified atom stereocenters. The summed E-state index contributed by atoms with van der Waals surface area (Å²) < 4.78 is 23.7. The molecule has 5 heteroatoms. The van der Waals surface area contributed by atoms with Crippen molar-refractivity contribution in [3.8, 4) is 0 Å². The molecule has 0 aliphatic rings. The quantitative estimate of drug-likeness (QED) is 0.620. The number of benzene rings is 1. The van der Waals surface area contributed by atoms with Gasteiger partial charge in [-0.1, -0.05) is 18.2 Å². The van der Waals surface area contributed by atoms with Crippen molar-refractivity contribution in [1.29, 1.82) is 0 Å².